The minimum absolute atomic E-state index is 0.0376. The highest BCUT2D eigenvalue weighted by Gasteiger charge is 2.31. The zero-order valence-electron chi connectivity index (χ0n) is 23.6. The molecule has 1 unspecified atom stereocenters. The molecule has 1 aromatic heterocycles. The molecule has 39 heavy (non-hydrogen) atoms. The Hall–Kier alpha value is -3.29. The van der Waals surface area contributed by atoms with E-state index in [2.05, 4.69) is 106 Å². The van der Waals surface area contributed by atoms with Crippen LogP contribution in [0, 0.1) is 5.92 Å². The molecule has 0 bridgehead atoms. The maximum Gasteiger partial charge on any atom is 0.241 e. The molecule has 3 heterocycles. The fourth-order valence-electron chi connectivity index (χ4n) is 5.46. The highest BCUT2D eigenvalue weighted by Crippen LogP contribution is 2.26. The molecule has 2 fully saturated rings. The van der Waals surface area contributed by atoms with Gasteiger partial charge < -0.3 is 9.42 Å². The predicted molar refractivity (Wildman–Crippen MR) is 155 cm³/mol. The number of benzene rings is 2. The van der Waals surface area contributed by atoms with E-state index in [1.54, 1.807) is 0 Å². The summed E-state index contributed by atoms with van der Waals surface area (Å²) in [5.74, 6) is 1.56. The van der Waals surface area contributed by atoms with Gasteiger partial charge in [-0.3, -0.25) is 14.6 Å². The smallest absolute Gasteiger partial charge is 0.241 e. The summed E-state index contributed by atoms with van der Waals surface area (Å²) in [7, 11) is 0. The zero-order valence-corrected chi connectivity index (χ0v) is 23.6. The Morgan fingerprint density at radius 3 is 2.44 bits per heavy atom. The summed E-state index contributed by atoms with van der Waals surface area (Å²) in [5.41, 5.74) is 3.57. The molecule has 0 spiro atoms. The molecule has 0 N–H and O–H groups in total. The third kappa shape index (κ3) is 7.22. The lowest BCUT2D eigenvalue weighted by molar-refractivity contribution is -0.139. The number of amides is 1. The van der Waals surface area contributed by atoms with Gasteiger partial charge in [0.15, 0.2) is 0 Å². The standard InChI is InChI=1S/C32H41N5O2/c1-32(2,3)28-15-13-26(14-16-28)30-33-29(39-34-30)24-36-18-8-12-27(23-36)31(38)37-21-19-35(20-22-37)17-7-11-25-9-5-4-6-10-25/h4-7,9-11,13-16,27H,8,12,17-24H2,1-3H3/b11-7+. The average molecular weight is 528 g/mol. The second-order valence-corrected chi connectivity index (χ2v) is 11.9. The van der Waals surface area contributed by atoms with Crippen molar-refractivity contribution < 1.29 is 9.32 Å². The van der Waals surface area contributed by atoms with Crippen LogP contribution in [0.5, 0.6) is 0 Å². The van der Waals surface area contributed by atoms with Crippen LogP contribution in [-0.4, -0.2) is 76.6 Å². The molecule has 7 nitrogen and oxygen atoms in total. The molecule has 0 radical (unpaired) electrons. The highest BCUT2D eigenvalue weighted by atomic mass is 16.5. The Morgan fingerprint density at radius 1 is 0.974 bits per heavy atom. The molecule has 0 saturated carbocycles. The first-order chi connectivity index (χ1) is 18.8. The number of carbonyl (C=O) groups is 1. The molecule has 2 saturated heterocycles. The van der Waals surface area contributed by atoms with Crippen LogP contribution < -0.4 is 0 Å². The Kier molecular flexibility index (Phi) is 8.58. The van der Waals surface area contributed by atoms with Crippen LogP contribution in [0.2, 0.25) is 0 Å². The number of nitrogens with zero attached hydrogens (tertiary/aromatic N) is 5. The monoisotopic (exact) mass is 527 g/mol. The predicted octanol–water partition coefficient (Wildman–Crippen LogP) is 5.10. The molecule has 1 atom stereocenters. The van der Waals surface area contributed by atoms with Gasteiger partial charge in [-0.25, -0.2) is 0 Å². The first kappa shape index (κ1) is 27.3. The number of aromatic nitrogens is 2. The van der Waals surface area contributed by atoms with Gasteiger partial charge in [0.05, 0.1) is 12.5 Å². The summed E-state index contributed by atoms with van der Waals surface area (Å²) in [6.45, 7) is 13.3. The number of piperazine rings is 1. The number of rotatable bonds is 7. The molecule has 5 rings (SSSR count). The molecule has 1 amide bonds. The normalized spacial score (nSPS) is 19.6. The third-order valence-electron chi connectivity index (χ3n) is 7.85. The Balaban J connectivity index is 1.09. The minimum Gasteiger partial charge on any atom is -0.340 e. The first-order valence-electron chi connectivity index (χ1n) is 14.2. The van der Waals surface area contributed by atoms with Crippen LogP contribution in [0.1, 0.15) is 50.6 Å². The number of carbonyl (C=O) groups excluding carboxylic acids is 1. The first-order valence-corrected chi connectivity index (χ1v) is 14.2. The molecule has 2 aliphatic heterocycles. The summed E-state index contributed by atoms with van der Waals surface area (Å²) in [5, 5.41) is 4.22. The summed E-state index contributed by atoms with van der Waals surface area (Å²) in [4.78, 5) is 24.8. The van der Waals surface area contributed by atoms with E-state index < -0.39 is 0 Å². The highest BCUT2D eigenvalue weighted by molar-refractivity contribution is 5.79. The van der Waals surface area contributed by atoms with E-state index in [1.807, 2.05) is 6.07 Å². The van der Waals surface area contributed by atoms with E-state index in [9.17, 15) is 4.79 Å². The Labute approximate surface area is 232 Å². The fraction of sp³-hybridized carbons (Fsp3) is 0.469. The number of likely N-dealkylation sites (tertiary alicyclic amines) is 1. The lowest BCUT2D eigenvalue weighted by Gasteiger charge is -2.38. The number of hydrogen-bond acceptors (Lipinski definition) is 6. The molecule has 0 aliphatic carbocycles. The molecule has 3 aromatic rings. The van der Waals surface area contributed by atoms with Crippen molar-refractivity contribution in [1.29, 1.82) is 0 Å². The lowest BCUT2D eigenvalue weighted by Crippen LogP contribution is -2.52. The van der Waals surface area contributed by atoms with Gasteiger partial charge in [-0.05, 0) is 35.9 Å². The summed E-state index contributed by atoms with van der Waals surface area (Å²) < 4.78 is 5.59. The summed E-state index contributed by atoms with van der Waals surface area (Å²) in [6, 6.07) is 18.8. The van der Waals surface area contributed by atoms with E-state index in [1.165, 1.54) is 11.1 Å². The maximum atomic E-state index is 13.4. The van der Waals surface area contributed by atoms with Crippen LogP contribution in [0.4, 0.5) is 0 Å². The largest absolute Gasteiger partial charge is 0.340 e. The van der Waals surface area contributed by atoms with Gasteiger partial charge in [0.1, 0.15) is 0 Å². The van der Waals surface area contributed by atoms with Crippen LogP contribution in [0.3, 0.4) is 0 Å². The number of piperidine rings is 1. The van der Waals surface area contributed by atoms with Crippen molar-refractivity contribution in [2.45, 2.75) is 45.6 Å². The van der Waals surface area contributed by atoms with Gasteiger partial charge in [0, 0.05) is 44.8 Å². The molecule has 7 heteroatoms. The van der Waals surface area contributed by atoms with E-state index in [0.717, 1.165) is 64.2 Å². The van der Waals surface area contributed by atoms with Crippen LogP contribution >= 0.6 is 0 Å². The van der Waals surface area contributed by atoms with Gasteiger partial charge in [-0.15, -0.1) is 0 Å². The molecule has 2 aromatic carbocycles. The second-order valence-electron chi connectivity index (χ2n) is 11.9. The van der Waals surface area contributed by atoms with Crippen molar-refractivity contribution in [3.63, 3.8) is 0 Å². The summed E-state index contributed by atoms with van der Waals surface area (Å²) >= 11 is 0. The average Bonchev–Trinajstić information content (AvgIpc) is 3.42. The van der Waals surface area contributed by atoms with Crippen LogP contribution in [0.15, 0.2) is 65.2 Å². The van der Waals surface area contributed by atoms with Crippen molar-refractivity contribution in [1.82, 2.24) is 24.8 Å². The van der Waals surface area contributed by atoms with Gasteiger partial charge in [0.2, 0.25) is 17.6 Å². The second kappa shape index (κ2) is 12.3. The van der Waals surface area contributed by atoms with Crippen molar-refractivity contribution in [3.8, 4) is 11.4 Å². The number of hydrogen-bond donors (Lipinski definition) is 0. The van der Waals surface area contributed by atoms with Gasteiger partial charge in [-0.2, -0.15) is 4.98 Å². The van der Waals surface area contributed by atoms with Gasteiger partial charge in [0.25, 0.3) is 0 Å². The molecular formula is C32H41N5O2. The van der Waals surface area contributed by atoms with E-state index >= 15 is 0 Å². The minimum atomic E-state index is 0.0376. The SMILES string of the molecule is CC(C)(C)c1ccc(-c2noc(CN3CCCC(C(=O)N4CCN(C/C=C/c5ccccc5)CC4)C3)n2)cc1. The van der Waals surface area contributed by atoms with Crippen LogP contribution in [0.25, 0.3) is 17.5 Å². The van der Waals surface area contributed by atoms with Crippen LogP contribution in [-0.2, 0) is 16.8 Å². The molecular weight excluding hydrogens is 486 g/mol. The molecule has 206 valence electrons. The van der Waals surface area contributed by atoms with E-state index in [0.29, 0.717) is 24.2 Å². The van der Waals surface area contributed by atoms with Crippen molar-refractivity contribution in [3.05, 3.63) is 77.7 Å². The third-order valence-corrected chi connectivity index (χ3v) is 7.85. The van der Waals surface area contributed by atoms with Crippen molar-refractivity contribution in [2.75, 3.05) is 45.8 Å². The zero-order chi connectivity index (χ0) is 27.2. The van der Waals surface area contributed by atoms with E-state index in [4.69, 9.17) is 4.52 Å². The Bertz CT molecular complexity index is 1240. The topological polar surface area (TPSA) is 65.7 Å². The van der Waals surface area contributed by atoms with E-state index in [-0.39, 0.29) is 11.3 Å². The lowest BCUT2D eigenvalue weighted by atomic mass is 9.87. The molecule has 2 aliphatic rings. The van der Waals surface area contributed by atoms with Crippen molar-refractivity contribution in [2.24, 2.45) is 5.92 Å². The Morgan fingerprint density at radius 2 is 1.72 bits per heavy atom. The van der Waals surface area contributed by atoms with Gasteiger partial charge in [-0.1, -0.05) is 92.7 Å². The van der Waals surface area contributed by atoms with Crippen molar-refractivity contribution >= 4 is 12.0 Å². The fourth-order valence-corrected chi connectivity index (χ4v) is 5.46. The quantitative estimate of drug-likeness (QED) is 0.426. The summed E-state index contributed by atoms with van der Waals surface area (Å²) in [6.07, 6.45) is 6.35. The van der Waals surface area contributed by atoms with Gasteiger partial charge >= 0.3 is 0 Å². The maximum absolute atomic E-state index is 13.4.